The molecule has 5 rings (SSSR count). The number of hydrogen-bond donors (Lipinski definition) is 0. The summed E-state index contributed by atoms with van der Waals surface area (Å²) in [5.41, 5.74) is 2.97. The van der Waals surface area contributed by atoms with E-state index >= 15 is 0 Å². The van der Waals surface area contributed by atoms with Crippen molar-refractivity contribution in [2.45, 2.75) is 32.4 Å². The maximum Gasteiger partial charge on any atom is 0.254 e. The fourth-order valence-electron chi connectivity index (χ4n) is 4.29. The molecule has 3 aliphatic heterocycles. The molecule has 2 bridgehead atoms. The molecule has 3 aliphatic rings. The van der Waals surface area contributed by atoms with Gasteiger partial charge in [-0.05, 0) is 55.0 Å². The second-order valence-electron chi connectivity index (χ2n) is 7.57. The number of benzene rings is 1. The summed E-state index contributed by atoms with van der Waals surface area (Å²) in [5.74, 6) is 0.664. The molecule has 4 nitrogen and oxygen atoms in total. The lowest BCUT2D eigenvalue weighted by atomic mass is 9.94. The maximum atomic E-state index is 13.2. The minimum atomic E-state index is 0.128. The normalized spacial score (nSPS) is 23.1. The van der Waals surface area contributed by atoms with Gasteiger partial charge in [-0.15, -0.1) is 0 Å². The highest BCUT2D eigenvalue weighted by Crippen LogP contribution is 2.30. The first-order chi connectivity index (χ1) is 12.6. The SMILES string of the molecule is Cc1ccc(Cl)cc1C(=O)N1C[C@H]2CC[C@@H]1CN(Cc1cccnc1)C2. The molecule has 0 saturated carbocycles. The number of rotatable bonds is 3. The predicted octanol–water partition coefficient (Wildman–Crippen LogP) is 3.78. The van der Waals surface area contributed by atoms with Gasteiger partial charge in [0.15, 0.2) is 0 Å². The standard InChI is InChI=1S/C21H24ClN3O/c1-15-4-6-18(22)9-20(15)21(26)25-13-17-5-7-19(25)14-24(12-17)11-16-3-2-8-23-10-16/h2-4,6,8-10,17,19H,5,7,11-14H2,1H3/t17-,19+/m0/s1. The molecule has 3 saturated heterocycles. The summed E-state index contributed by atoms with van der Waals surface area (Å²) < 4.78 is 0. The number of fused-ring (bicyclic) bond motifs is 4. The number of aryl methyl sites for hydroxylation is 1. The van der Waals surface area contributed by atoms with Crippen LogP contribution in [0.1, 0.15) is 34.3 Å². The molecule has 2 aromatic rings. The minimum Gasteiger partial charge on any atom is -0.334 e. The summed E-state index contributed by atoms with van der Waals surface area (Å²) >= 11 is 6.14. The number of amides is 1. The van der Waals surface area contributed by atoms with Gasteiger partial charge in [0.05, 0.1) is 0 Å². The van der Waals surface area contributed by atoms with E-state index in [1.54, 1.807) is 0 Å². The Bertz CT molecular complexity index is 795. The number of halogens is 1. The van der Waals surface area contributed by atoms with Crippen LogP contribution in [0.4, 0.5) is 0 Å². The zero-order chi connectivity index (χ0) is 18.1. The molecule has 2 atom stereocenters. The molecule has 136 valence electrons. The van der Waals surface area contributed by atoms with E-state index in [0.717, 1.165) is 43.7 Å². The van der Waals surface area contributed by atoms with Crippen LogP contribution in [0.25, 0.3) is 0 Å². The van der Waals surface area contributed by atoms with E-state index in [0.29, 0.717) is 10.9 Å². The van der Waals surface area contributed by atoms with Gasteiger partial charge < -0.3 is 4.90 Å². The van der Waals surface area contributed by atoms with Crippen molar-refractivity contribution in [1.82, 2.24) is 14.8 Å². The van der Waals surface area contributed by atoms with Crippen LogP contribution in [-0.4, -0.2) is 46.4 Å². The summed E-state index contributed by atoms with van der Waals surface area (Å²) in [7, 11) is 0. The van der Waals surface area contributed by atoms with Crippen LogP contribution in [0, 0.1) is 12.8 Å². The lowest BCUT2D eigenvalue weighted by molar-refractivity contribution is 0.0584. The molecular formula is C21H24ClN3O. The fourth-order valence-corrected chi connectivity index (χ4v) is 4.46. The summed E-state index contributed by atoms with van der Waals surface area (Å²) in [5, 5.41) is 0.622. The Labute approximate surface area is 159 Å². The first-order valence-electron chi connectivity index (χ1n) is 9.28. The molecule has 4 heterocycles. The minimum absolute atomic E-state index is 0.128. The smallest absolute Gasteiger partial charge is 0.254 e. The van der Waals surface area contributed by atoms with Crippen LogP contribution in [0.2, 0.25) is 5.02 Å². The zero-order valence-corrected chi connectivity index (χ0v) is 15.8. The Morgan fingerprint density at radius 1 is 1.23 bits per heavy atom. The number of aromatic nitrogens is 1. The van der Waals surface area contributed by atoms with Crippen LogP contribution < -0.4 is 0 Å². The van der Waals surface area contributed by atoms with E-state index in [2.05, 4.69) is 20.9 Å². The van der Waals surface area contributed by atoms with Crippen LogP contribution in [0.3, 0.4) is 0 Å². The lowest BCUT2D eigenvalue weighted by Crippen LogP contribution is -2.47. The number of nitrogens with zero attached hydrogens (tertiary/aromatic N) is 3. The van der Waals surface area contributed by atoms with Crippen LogP contribution in [0.5, 0.6) is 0 Å². The Hall–Kier alpha value is -1.91. The van der Waals surface area contributed by atoms with E-state index in [4.69, 9.17) is 11.6 Å². The first-order valence-corrected chi connectivity index (χ1v) is 9.66. The Kier molecular flexibility index (Phi) is 4.96. The summed E-state index contributed by atoms with van der Waals surface area (Å²) in [6.45, 7) is 5.70. The second-order valence-corrected chi connectivity index (χ2v) is 8.01. The van der Waals surface area contributed by atoms with E-state index < -0.39 is 0 Å². The summed E-state index contributed by atoms with van der Waals surface area (Å²) in [6, 6.07) is 9.97. The van der Waals surface area contributed by atoms with Gasteiger partial charge in [0.2, 0.25) is 0 Å². The van der Waals surface area contributed by atoms with Crippen molar-refractivity contribution < 1.29 is 4.79 Å². The maximum absolute atomic E-state index is 13.2. The number of piperidine rings is 1. The highest BCUT2D eigenvalue weighted by Gasteiger charge is 2.37. The average Bonchev–Trinajstić information content (AvgIpc) is 2.94. The van der Waals surface area contributed by atoms with E-state index in [1.165, 1.54) is 12.0 Å². The fraction of sp³-hybridized carbons (Fsp3) is 0.429. The Morgan fingerprint density at radius 3 is 2.92 bits per heavy atom. The molecule has 1 amide bonds. The highest BCUT2D eigenvalue weighted by molar-refractivity contribution is 6.31. The van der Waals surface area contributed by atoms with Gasteiger partial charge in [0, 0.05) is 55.2 Å². The van der Waals surface area contributed by atoms with E-state index in [1.807, 2.05) is 43.6 Å². The van der Waals surface area contributed by atoms with Crippen LogP contribution in [0.15, 0.2) is 42.7 Å². The van der Waals surface area contributed by atoms with Crippen LogP contribution >= 0.6 is 11.6 Å². The van der Waals surface area contributed by atoms with Gasteiger partial charge in [-0.2, -0.15) is 0 Å². The lowest BCUT2D eigenvalue weighted by Gasteiger charge is -2.36. The third kappa shape index (κ3) is 3.62. The van der Waals surface area contributed by atoms with Gasteiger partial charge in [0.1, 0.15) is 0 Å². The van der Waals surface area contributed by atoms with Crippen molar-refractivity contribution >= 4 is 17.5 Å². The van der Waals surface area contributed by atoms with Crippen molar-refractivity contribution in [2.24, 2.45) is 5.92 Å². The number of hydrogen-bond acceptors (Lipinski definition) is 3. The van der Waals surface area contributed by atoms with E-state index in [-0.39, 0.29) is 11.9 Å². The number of pyridine rings is 1. The topological polar surface area (TPSA) is 36.4 Å². The molecule has 3 fully saturated rings. The average molecular weight is 370 g/mol. The second kappa shape index (κ2) is 7.37. The molecular weight excluding hydrogens is 346 g/mol. The predicted molar refractivity (Wildman–Crippen MR) is 103 cm³/mol. The zero-order valence-electron chi connectivity index (χ0n) is 15.1. The number of carbonyl (C=O) groups is 1. The molecule has 5 heteroatoms. The van der Waals surface area contributed by atoms with Crippen molar-refractivity contribution in [3.8, 4) is 0 Å². The molecule has 1 aromatic heterocycles. The Morgan fingerprint density at radius 2 is 2.12 bits per heavy atom. The molecule has 26 heavy (non-hydrogen) atoms. The summed E-state index contributed by atoms with van der Waals surface area (Å²) in [6.07, 6.45) is 6.03. The monoisotopic (exact) mass is 369 g/mol. The first kappa shape index (κ1) is 17.5. The third-order valence-corrected chi connectivity index (χ3v) is 5.84. The number of carbonyl (C=O) groups excluding carboxylic acids is 1. The van der Waals surface area contributed by atoms with Crippen LogP contribution in [-0.2, 0) is 6.54 Å². The van der Waals surface area contributed by atoms with Crippen molar-refractivity contribution in [2.75, 3.05) is 19.6 Å². The molecule has 0 unspecified atom stereocenters. The highest BCUT2D eigenvalue weighted by atomic mass is 35.5. The summed E-state index contributed by atoms with van der Waals surface area (Å²) in [4.78, 5) is 22.0. The third-order valence-electron chi connectivity index (χ3n) is 5.61. The van der Waals surface area contributed by atoms with E-state index in [9.17, 15) is 4.79 Å². The molecule has 0 radical (unpaired) electrons. The van der Waals surface area contributed by atoms with Crippen molar-refractivity contribution in [3.05, 3.63) is 64.4 Å². The quantitative estimate of drug-likeness (QED) is 0.826. The largest absolute Gasteiger partial charge is 0.334 e. The Balaban J connectivity index is 1.53. The van der Waals surface area contributed by atoms with Crippen molar-refractivity contribution in [3.63, 3.8) is 0 Å². The van der Waals surface area contributed by atoms with Gasteiger partial charge >= 0.3 is 0 Å². The van der Waals surface area contributed by atoms with Gasteiger partial charge in [-0.25, -0.2) is 0 Å². The van der Waals surface area contributed by atoms with Gasteiger partial charge in [-0.3, -0.25) is 14.7 Å². The molecule has 0 aliphatic carbocycles. The van der Waals surface area contributed by atoms with Gasteiger partial charge in [0.25, 0.3) is 5.91 Å². The molecule has 1 aromatic carbocycles. The molecule has 0 spiro atoms. The molecule has 0 N–H and O–H groups in total. The van der Waals surface area contributed by atoms with Gasteiger partial charge in [-0.1, -0.05) is 23.7 Å². The van der Waals surface area contributed by atoms with Crippen molar-refractivity contribution in [1.29, 1.82) is 0 Å².